The third-order valence-electron chi connectivity index (χ3n) is 4.90. The molecule has 1 aliphatic rings. The maximum absolute atomic E-state index is 12.7. The van der Waals surface area contributed by atoms with Crippen molar-refractivity contribution >= 4 is 23.4 Å². The van der Waals surface area contributed by atoms with E-state index >= 15 is 0 Å². The fourth-order valence-electron chi connectivity index (χ4n) is 3.40. The van der Waals surface area contributed by atoms with Gasteiger partial charge in [-0.15, -0.1) is 0 Å². The van der Waals surface area contributed by atoms with Crippen molar-refractivity contribution in [3.8, 4) is 5.75 Å². The lowest BCUT2D eigenvalue weighted by atomic mass is 10.0. The number of halogens is 1. The fraction of sp³-hybridized carbons (Fsp3) is 0.364. The highest BCUT2D eigenvalue weighted by Gasteiger charge is 2.25. The second-order valence-electron chi connectivity index (χ2n) is 6.93. The molecule has 1 saturated heterocycles. The molecule has 0 radical (unpaired) electrons. The fourth-order valence-corrected chi connectivity index (χ4v) is 3.58. The maximum Gasteiger partial charge on any atom is 0.251 e. The van der Waals surface area contributed by atoms with Gasteiger partial charge in [0.15, 0.2) is 0 Å². The summed E-state index contributed by atoms with van der Waals surface area (Å²) in [5.41, 5.74) is 1.59. The van der Waals surface area contributed by atoms with Crippen LogP contribution in [0.25, 0.3) is 0 Å². The highest BCUT2D eigenvalue weighted by molar-refractivity contribution is 6.32. The van der Waals surface area contributed by atoms with Crippen LogP contribution in [0.3, 0.4) is 0 Å². The van der Waals surface area contributed by atoms with Crippen LogP contribution in [0.2, 0.25) is 5.02 Å². The monoisotopic (exact) mass is 400 g/mol. The van der Waals surface area contributed by atoms with Crippen LogP contribution in [0, 0.1) is 0 Å². The number of para-hydroxylation sites is 1. The molecule has 1 atom stereocenters. The lowest BCUT2D eigenvalue weighted by molar-refractivity contribution is -0.133. The molecule has 3 rings (SSSR count). The van der Waals surface area contributed by atoms with Gasteiger partial charge in [-0.05, 0) is 49.1 Å². The Hall–Kier alpha value is -2.53. The molecule has 28 heavy (non-hydrogen) atoms. The molecule has 0 saturated carbocycles. The van der Waals surface area contributed by atoms with Crippen molar-refractivity contribution in [1.82, 2.24) is 10.2 Å². The number of piperidine rings is 1. The summed E-state index contributed by atoms with van der Waals surface area (Å²) >= 11 is 6.17. The summed E-state index contributed by atoms with van der Waals surface area (Å²) in [6.07, 6.45) is 2.79. The Bertz CT molecular complexity index is 840. The Morgan fingerprint density at radius 1 is 1.21 bits per heavy atom. The van der Waals surface area contributed by atoms with E-state index in [2.05, 4.69) is 5.32 Å². The van der Waals surface area contributed by atoms with E-state index in [1.807, 2.05) is 41.3 Å². The van der Waals surface area contributed by atoms with Gasteiger partial charge in [0.1, 0.15) is 11.9 Å². The molecule has 2 aromatic rings. The van der Waals surface area contributed by atoms with E-state index in [-0.39, 0.29) is 17.9 Å². The van der Waals surface area contributed by atoms with Crippen molar-refractivity contribution in [3.05, 3.63) is 64.7 Å². The van der Waals surface area contributed by atoms with Gasteiger partial charge in [-0.25, -0.2) is 0 Å². The van der Waals surface area contributed by atoms with Gasteiger partial charge < -0.3 is 15.0 Å². The number of amides is 2. The number of nitrogens with one attached hydrogen (secondary N) is 1. The van der Waals surface area contributed by atoms with E-state index in [1.165, 1.54) is 0 Å². The molecule has 1 fully saturated rings. The summed E-state index contributed by atoms with van der Waals surface area (Å²) in [7, 11) is 1.61. The van der Waals surface area contributed by atoms with E-state index in [1.54, 1.807) is 19.2 Å². The Morgan fingerprint density at radius 3 is 2.82 bits per heavy atom. The summed E-state index contributed by atoms with van der Waals surface area (Å²) in [4.78, 5) is 26.3. The number of nitrogens with zero attached hydrogens (tertiary/aromatic N) is 1. The van der Waals surface area contributed by atoms with Crippen molar-refractivity contribution in [1.29, 1.82) is 0 Å². The van der Waals surface area contributed by atoms with E-state index in [4.69, 9.17) is 16.3 Å². The van der Waals surface area contributed by atoms with Gasteiger partial charge in [-0.3, -0.25) is 9.59 Å². The average Bonchev–Trinajstić information content (AvgIpc) is 2.73. The van der Waals surface area contributed by atoms with Crippen molar-refractivity contribution in [3.63, 3.8) is 0 Å². The Kier molecular flexibility index (Phi) is 6.93. The second kappa shape index (κ2) is 9.60. The third-order valence-corrected chi connectivity index (χ3v) is 5.22. The SMILES string of the molecule is CNC(=O)c1cccc(CCC(=O)N2CCCC(Oc3ccccc3Cl)C2)c1. The zero-order valence-corrected chi connectivity index (χ0v) is 16.7. The lowest BCUT2D eigenvalue weighted by Gasteiger charge is -2.33. The standard InChI is InChI=1S/C22H25ClN2O3/c1-24-22(27)17-7-4-6-16(14-17)11-12-21(26)25-13-5-8-18(15-25)28-20-10-3-2-9-19(20)23/h2-4,6-7,9-10,14,18H,5,8,11-13,15H2,1H3,(H,24,27). The smallest absolute Gasteiger partial charge is 0.251 e. The summed E-state index contributed by atoms with van der Waals surface area (Å²) in [6.45, 7) is 1.32. The molecular weight excluding hydrogens is 376 g/mol. The topological polar surface area (TPSA) is 58.6 Å². The molecular formula is C22H25ClN2O3. The molecule has 0 spiro atoms. The average molecular weight is 401 g/mol. The van der Waals surface area contributed by atoms with Crippen LogP contribution in [-0.4, -0.2) is 43.0 Å². The molecule has 0 aromatic heterocycles. The molecule has 2 aromatic carbocycles. The summed E-state index contributed by atoms with van der Waals surface area (Å²) in [6, 6.07) is 14.8. The Labute approximate surface area is 170 Å². The number of rotatable bonds is 6. The first-order valence-corrected chi connectivity index (χ1v) is 9.94. The number of benzene rings is 2. The van der Waals surface area contributed by atoms with Gasteiger partial charge in [0.05, 0.1) is 11.6 Å². The number of aryl methyl sites for hydroxylation is 1. The molecule has 0 bridgehead atoms. The van der Waals surface area contributed by atoms with Gasteiger partial charge >= 0.3 is 0 Å². The van der Waals surface area contributed by atoms with Crippen LogP contribution >= 0.6 is 11.6 Å². The first-order valence-electron chi connectivity index (χ1n) is 9.57. The Morgan fingerprint density at radius 2 is 2.04 bits per heavy atom. The minimum Gasteiger partial charge on any atom is -0.487 e. The van der Waals surface area contributed by atoms with Crippen LogP contribution in [0.5, 0.6) is 5.75 Å². The molecule has 2 amide bonds. The number of carbonyl (C=O) groups is 2. The molecule has 5 nitrogen and oxygen atoms in total. The van der Waals surface area contributed by atoms with Gasteiger partial charge in [0, 0.05) is 25.6 Å². The minimum atomic E-state index is -0.122. The van der Waals surface area contributed by atoms with E-state index in [0.29, 0.717) is 35.7 Å². The predicted octanol–water partition coefficient (Wildman–Crippen LogP) is 3.70. The molecule has 1 N–H and O–H groups in total. The molecule has 0 aliphatic carbocycles. The molecule has 148 valence electrons. The highest BCUT2D eigenvalue weighted by atomic mass is 35.5. The quantitative estimate of drug-likeness (QED) is 0.804. The lowest BCUT2D eigenvalue weighted by Crippen LogP contribution is -2.44. The normalized spacial score (nSPS) is 16.5. The van der Waals surface area contributed by atoms with Gasteiger partial charge in [-0.1, -0.05) is 35.9 Å². The first kappa shape index (κ1) is 20.2. The van der Waals surface area contributed by atoms with Crippen molar-refractivity contribution in [2.24, 2.45) is 0 Å². The van der Waals surface area contributed by atoms with Crippen LogP contribution in [0.1, 0.15) is 35.2 Å². The second-order valence-corrected chi connectivity index (χ2v) is 7.34. The predicted molar refractivity (Wildman–Crippen MR) is 110 cm³/mol. The number of hydrogen-bond donors (Lipinski definition) is 1. The van der Waals surface area contributed by atoms with Crippen LogP contribution in [-0.2, 0) is 11.2 Å². The third kappa shape index (κ3) is 5.26. The van der Waals surface area contributed by atoms with Gasteiger partial charge in [0.2, 0.25) is 5.91 Å². The molecule has 6 heteroatoms. The largest absolute Gasteiger partial charge is 0.487 e. The van der Waals surface area contributed by atoms with Crippen molar-refractivity contribution in [2.45, 2.75) is 31.8 Å². The van der Waals surface area contributed by atoms with Gasteiger partial charge in [-0.2, -0.15) is 0 Å². The van der Waals surface area contributed by atoms with Crippen LogP contribution in [0.4, 0.5) is 0 Å². The van der Waals surface area contributed by atoms with Crippen LogP contribution in [0.15, 0.2) is 48.5 Å². The number of hydrogen-bond acceptors (Lipinski definition) is 3. The Balaban J connectivity index is 1.54. The molecule has 1 heterocycles. The van der Waals surface area contributed by atoms with Crippen molar-refractivity contribution in [2.75, 3.05) is 20.1 Å². The zero-order chi connectivity index (χ0) is 19.9. The maximum atomic E-state index is 12.7. The number of likely N-dealkylation sites (tertiary alicyclic amines) is 1. The minimum absolute atomic E-state index is 0.0471. The summed E-state index contributed by atoms with van der Waals surface area (Å²) in [5, 5.41) is 3.20. The first-order chi connectivity index (χ1) is 13.6. The van der Waals surface area contributed by atoms with E-state index < -0.39 is 0 Å². The molecule has 1 unspecified atom stereocenters. The van der Waals surface area contributed by atoms with Gasteiger partial charge in [0.25, 0.3) is 5.91 Å². The summed E-state index contributed by atoms with van der Waals surface area (Å²) in [5.74, 6) is 0.649. The van der Waals surface area contributed by atoms with Crippen LogP contribution < -0.4 is 10.1 Å². The van der Waals surface area contributed by atoms with E-state index in [9.17, 15) is 9.59 Å². The number of carbonyl (C=O) groups excluding carboxylic acids is 2. The zero-order valence-electron chi connectivity index (χ0n) is 16.0. The summed E-state index contributed by atoms with van der Waals surface area (Å²) < 4.78 is 6.01. The molecule has 1 aliphatic heterocycles. The highest BCUT2D eigenvalue weighted by Crippen LogP contribution is 2.26. The van der Waals surface area contributed by atoms with E-state index in [0.717, 1.165) is 24.9 Å². The number of ether oxygens (including phenoxy) is 1. The van der Waals surface area contributed by atoms with Crippen molar-refractivity contribution < 1.29 is 14.3 Å².